The van der Waals surface area contributed by atoms with Crippen LogP contribution in [0.5, 0.6) is 0 Å². The SMILES string of the molecule is CC(C)c1ccc2cc(C(C)(C)C)n(C3COC3)c2c1. The van der Waals surface area contributed by atoms with Crippen molar-refractivity contribution in [1.82, 2.24) is 4.57 Å². The van der Waals surface area contributed by atoms with Crippen LogP contribution in [0.1, 0.15) is 57.8 Å². The van der Waals surface area contributed by atoms with Gasteiger partial charge in [0.1, 0.15) is 0 Å². The van der Waals surface area contributed by atoms with E-state index in [9.17, 15) is 0 Å². The number of hydrogen-bond donors (Lipinski definition) is 0. The summed E-state index contributed by atoms with van der Waals surface area (Å²) < 4.78 is 7.95. The summed E-state index contributed by atoms with van der Waals surface area (Å²) >= 11 is 0. The summed E-state index contributed by atoms with van der Waals surface area (Å²) in [4.78, 5) is 0. The van der Waals surface area contributed by atoms with Gasteiger partial charge in [-0.05, 0) is 29.0 Å². The highest BCUT2D eigenvalue weighted by Gasteiger charge is 2.29. The number of hydrogen-bond acceptors (Lipinski definition) is 1. The van der Waals surface area contributed by atoms with Crippen LogP contribution in [-0.2, 0) is 10.2 Å². The van der Waals surface area contributed by atoms with Crippen molar-refractivity contribution in [1.29, 1.82) is 0 Å². The molecule has 0 saturated carbocycles. The second kappa shape index (κ2) is 4.63. The third kappa shape index (κ3) is 2.16. The van der Waals surface area contributed by atoms with Gasteiger partial charge in [0.05, 0.1) is 19.3 Å². The van der Waals surface area contributed by atoms with Gasteiger partial charge < -0.3 is 9.30 Å². The summed E-state index contributed by atoms with van der Waals surface area (Å²) in [5.41, 5.74) is 4.36. The Morgan fingerprint density at radius 1 is 1.15 bits per heavy atom. The molecule has 1 aliphatic rings. The predicted molar refractivity (Wildman–Crippen MR) is 84.6 cm³/mol. The van der Waals surface area contributed by atoms with E-state index in [2.05, 4.69) is 63.5 Å². The van der Waals surface area contributed by atoms with Crippen LogP contribution in [0, 0.1) is 0 Å². The van der Waals surface area contributed by atoms with E-state index in [1.807, 2.05) is 0 Å². The lowest BCUT2D eigenvalue weighted by molar-refractivity contribution is -0.0232. The van der Waals surface area contributed by atoms with Crippen LogP contribution in [0.15, 0.2) is 24.3 Å². The minimum absolute atomic E-state index is 0.159. The quantitative estimate of drug-likeness (QED) is 0.776. The molecule has 2 heterocycles. The van der Waals surface area contributed by atoms with E-state index in [0.29, 0.717) is 12.0 Å². The zero-order valence-electron chi connectivity index (χ0n) is 13.2. The second-order valence-corrected chi connectivity index (χ2v) is 7.31. The molecule has 108 valence electrons. The van der Waals surface area contributed by atoms with Gasteiger partial charge in [-0.3, -0.25) is 0 Å². The monoisotopic (exact) mass is 271 g/mol. The first kappa shape index (κ1) is 13.7. The third-order valence-electron chi connectivity index (χ3n) is 4.29. The van der Waals surface area contributed by atoms with Crippen LogP contribution in [-0.4, -0.2) is 17.8 Å². The Balaban J connectivity index is 2.24. The molecule has 1 fully saturated rings. The van der Waals surface area contributed by atoms with E-state index in [-0.39, 0.29) is 5.41 Å². The van der Waals surface area contributed by atoms with Gasteiger partial charge in [0, 0.05) is 16.6 Å². The van der Waals surface area contributed by atoms with Gasteiger partial charge in [0.2, 0.25) is 0 Å². The maximum absolute atomic E-state index is 5.43. The lowest BCUT2D eigenvalue weighted by Gasteiger charge is -2.33. The molecule has 1 aliphatic heterocycles. The van der Waals surface area contributed by atoms with Gasteiger partial charge in [0.25, 0.3) is 0 Å². The van der Waals surface area contributed by atoms with E-state index < -0.39 is 0 Å². The molecule has 1 saturated heterocycles. The van der Waals surface area contributed by atoms with Crippen molar-refractivity contribution in [3.05, 3.63) is 35.5 Å². The van der Waals surface area contributed by atoms with E-state index in [4.69, 9.17) is 4.74 Å². The fourth-order valence-corrected chi connectivity index (χ4v) is 2.94. The van der Waals surface area contributed by atoms with Crippen molar-refractivity contribution in [2.75, 3.05) is 13.2 Å². The fourth-order valence-electron chi connectivity index (χ4n) is 2.94. The molecule has 2 nitrogen and oxygen atoms in total. The summed E-state index contributed by atoms with van der Waals surface area (Å²) in [5.74, 6) is 0.568. The van der Waals surface area contributed by atoms with Gasteiger partial charge >= 0.3 is 0 Å². The Labute approximate surface area is 121 Å². The van der Waals surface area contributed by atoms with Gasteiger partial charge in [0.15, 0.2) is 0 Å². The smallest absolute Gasteiger partial charge is 0.0806 e. The lowest BCUT2D eigenvalue weighted by Crippen LogP contribution is -2.33. The summed E-state index contributed by atoms with van der Waals surface area (Å²) in [6.45, 7) is 13.1. The van der Waals surface area contributed by atoms with Gasteiger partial charge in [-0.25, -0.2) is 0 Å². The highest BCUT2D eigenvalue weighted by Crippen LogP contribution is 2.35. The first-order chi connectivity index (χ1) is 9.38. The van der Waals surface area contributed by atoms with Crippen molar-refractivity contribution in [3.63, 3.8) is 0 Å². The average molecular weight is 271 g/mol. The summed E-state index contributed by atoms with van der Waals surface area (Å²) in [6, 6.07) is 9.77. The fraction of sp³-hybridized carbons (Fsp3) is 0.556. The van der Waals surface area contributed by atoms with Crippen LogP contribution in [0.3, 0.4) is 0 Å². The molecule has 0 atom stereocenters. The molecule has 20 heavy (non-hydrogen) atoms. The molecule has 1 aromatic heterocycles. The van der Waals surface area contributed by atoms with Crippen LogP contribution >= 0.6 is 0 Å². The van der Waals surface area contributed by atoms with Crippen molar-refractivity contribution in [3.8, 4) is 0 Å². The van der Waals surface area contributed by atoms with Crippen molar-refractivity contribution in [2.24, 2.45) is 0 Å². The number of aromatic nitrogens is 1. The molecule has 2 aromatic rings. The number of fused-ring (bicyclic) bond motifs is 1. The van der Waals surface area contributed by atoms with Crippen molar-refractivity contribution < 1.29 is 4.74 Å². The van der Waals surface area contributed by atoms with Gasteiger partial charge in [-0.1, -0.05) is 46.8 Å². The summed E-state index contributed by atoms with van der Waals surface area (Å²) in [5, 5.41) is 1.35. The number of benzene rings is 1. The summed E-state index contributed by atoms with van der Waals surface area (Å²) in [7, 11) is 0. The Morgan fingerprint density at radius 2 is 1.85 bits per heavy atom. The topological polar surface area (TPSA) is 14.2 Å². The standard InChI is InChI=1S/C18H25NO/c1-12(2)13-6-7-14-9-17(18(3,4)5)19(16(14)8-13)15-10-20-11-15/h6-9,12,15H,10-11H2,1-5H3. The molecule has 0 spiro atoms. The zero-order chi connectivity index (χ0) is 14.5. The predicted octanol–water partition coefficient (Wildman–Crippen LogP) is 4.63. The maximum Gasteiger partial charge on any atom is 0.0806 e. The first-order valence-electron chi connectivity index (χ1n) is 7.61. The molecule has 2 heteroatoms. The number of nitrogens with zero attached hydrogens (tertiary/aromatic N) is 1. The zero-order valence-corrected chi connectivity index (χ0v) is 13.2. The summed E-state index contributed by atoms with van der Waals surface area (Å²) in [6.07, 6.45) is 0. The molecule has 1 aromatic carbocycles. The van der Waals surface area contributed by atoms with E-state index in [1.165, 1.54) is 22.2 Å². The molecule has 3 rings (SSSR count). The van der Waals surface area contributed by atoms with Crippen molar-refractivity contribution >= 4 is 10.9 Å². The minimum Gasteiger partial charge on any atom is -0.377 e. The lowest BCUT2D eigenvalue weighted by atomic mass is 9.91. The highest BCUT2D eigenvalue weighted by molar-refractivity contribution is 5.83. The Morgan fingerprint density at radius 3 is 2.35 bits per heavy atom. The van der Waals surface area contributed by atoms with Gasteiger partial charge in [-0.15, -0.1) is 0 Å². The highest BCUT2D eigenvalue weighted by atomic mass is 16.5. The van der Waals surface area contributed by atoms with E-state index in [0.717, 1.165) is 13.2 Å². The molecule has 0 unspecified atom stereocenters. The largest absolute Gasteiger partial charge is 0.377 e. The van der Waals surface area contributed by atoms with E-state index in [1.54, 1.807) is 0 Å². The van der Waals surface area contributed by atoms with Crippen LogP contribution in [0.4, 0.5) is 0 Å². The molecule has 0 bridgehead atoms. The number of ether oxygens (including phenoxy) is 1. The second-order valence-electron chi connectivity index (χ2n) is 7.31. The Hall–Kier alpha value is -1.28. The molecular weight excluding hydrogens is 246 g/mol. The third-order valence-corrected chi connectivity index (χ3v) is 4.29. The molecular formula is C18H25NO. The average Bonchev–Trinajstić information content (AvgIpc) is 2.65. The first-order valence-corrected chi connectivity index (χ1v) is 7.61. The molecule has 0 N–H and O–H groups in total. The van der Waals surface area contributed by atoms with Crippen LogP contribution < -0.4 is 0 Å². The Bertz CT molecular complexity index is 627. The molecule has 0 amide bonds. The van der Waals surface area contributed by atoms with Crippen LogP contribution in [0.25, 0.3) is 10.9 Å². The van der Waals surface area contributed by atoms with E-state index >= 15 is 0 Å². The normalized spacial score (nSPS) is 16.9. The minimum atomic E-state index is 0.159. The van der Waals surface area contributed by atoms with Gasteiger partial charge in [-0.2, -0.15) is 0 Å². The number of rotatable bonds is 2. The Kier molecular flexibility index (Phi) is 3.17. The van der Waals surface area contributed by atoms with Crippen molar-refractivity contribution in [2.45, 2.75) is 52.0 Å². The molecule has 0 radical (unpaired) electrons. The van der Waals surface area contributed by atoms with Crippen LogP contribution in [0.2, 0.25) is 0 Å². The maximum atomic E-state index is 5.43. The molecule has 0 aliphatic carbocycles.